The Balaban J connectivity index is 1.64. The van der Waals surface area contributed by atoms with E-state index >= 15 is 0 Å². The Kier molecular flexibility index (Phi) is 3.97. The topological polar surface area (TPSA) is 58.0 Å². The zero-order chi connectivity index (χ0) is 18.4. The van der Waals surface area contributed by atoms with Crippen LogP contribution < -0.4 is 5.32 Å². The average Bonchev–Trinajstić information content (AvgIpc) is 3.28. The molecule has 1 aromatic carbocycles. The van der Waals surface area contributed by atoms with Crippen molar-refractivity contribution >= 4 is 16.6 Å². The van der Waals surface area contributed by atoms with Crippen molar-refractivity contribution in [3.8, 4) is 11.4 Å². The van der Waals surface area contributed by atoms with Crippen LogP contribution in [0, 0.1) is 6.92 Å². The van der Waals surface area contributed by atoms with E-state index in [1.807, 2.05) is 23.7 Å². The van der Waals surface area contributed by atoms with E-state index < -0.39 is 0 Å². The van der Waals surface area contributed by atoms with E-state index in [1.165, 1.54) is 34.9 Å². The summed E-state index contributed by atoms with van der Waals surface area (Å²) in [6, 6.07) is 11.1. The number of imidazole rings is 1. The van der Waals surface area contributed by atoms with Gasteiger partial charge in [0.1, 0.15) is 5.69 Å². The Labute approximate surface area is 158 Å². The van der Waals surface area contributed by atoms with E-state index in [-0.39, 0.29) is 0 Å². The highest BCUT2D eigenvalue weighted by Crippen LogP contribution is 2.34. The summed E-state index contributed by atoms with van der Waals surface area (Å²) in [5.41, 5.74) is 8.06. The Bertz CT molecular complexity index is 1110. The Morgan fingerprint density at radius 3 is 2.81 bits per heavy atom. The number of benzene rings is 1. The number of hydrogen-bond acceptors (Lipinski definition) is 3. The van der Waals surface area contributed by atoms with Crippen LogP contribution >= 0.6 is 0 Å². The van der Waals surface area contributed by atoms with Gasteiger partial charge in [-0.25, -0.2) is 9.50 Å². The van der Waals surface area contributed by atoms with Gasteiger partial charge in [0.25, 0.3) is 0 Å². The number of aromatic nitrogens is 4. The highest BCUT2D eigenvalue weighted by atomic mass is 15.3. The van der Waals surface area contributed by atoms with E-state index in [4.69, 9.17) is 5.10 Å². The van der Waals surface area contributed by atoms with Crippen molar-refractivity contribution in [3.63, 3.8) is 0 Å². The third-order valence-corrected chi connectivity index (χ3v) is 5.88. The molecule has 138 valence electrons. The second-order valence-corrected chi connectivity index (χ2v) is 7.55. The number of hydrogen-bond donors (Lipinski definition) is 2. The summed E-state index contributed by atoms with van der Waals surface area (Å²) >= 11 is 0. The van der Waals surface area contributed by atoms with Crippen LogP contribution in [0.25, 0.3) is 27.9 Å². The first-order valence-electron chi connectivity index (χ1n) is 9.91. The van der Waals surface area contributed by atoms with Crippen LogP contribution in [-0.4, -0.2) is 32.7 Å². The number of nitrogens with zero attached hydrogens (tertiary/aromatic N) is 3. The largest absolute Gasteiger partial charge is 0.353 e. The molecule has 4 heterocycles. The number of fused-ring (bicyclic) bond motifs is 2. The van der Waals surface area contributed by atoms with Crippen molar-refractivity contribution in [1.29, 1.82) is 0 Å². The highest BCUT2D eigenvalue weighted by Gasteiger charge is 2.18. The summed E-state index contributed by atoms with van der Waals surface area (Å²) in [5.74, 6) is 0.668. The molecule has 0 aliphatic carbocycles. The molecule has 0 bridgehead atoms. The van der Waals surface area contributed by atoms with E-state index in [9.17, 15) is 0 Å². The lowest BCUT2D eigenvalue weighted by Crippen LogP contribution is -2.26. The second kappa shape index (κ2) is 6.50. The molecule has 0 atom stereocenters. The lowest BCUT2D eigenvalue weighted by atomic mass is 9.89. The number of H-pyrrole nitrogens is 1. The van der Waals surface area contributed by atoms with E-state index in [0.29, 0.717) is 5.92 Å². The Hall–Kier alpha value is -2.66. The molecule has 1 aliphatic rings. The van der Waals surface area contributed by atoms with Gasteiger partial charge in [-0.05, 0) is 80.6 Å². The van der Waals surface area contributed by atoms with Gasteiger partial charge in [-0.1, -0.05) is 13.0 Å². The van der Waals surface area contributed by atoms with E-state index in [0.717, 1.165) is 42.2 Å². The molecule has 1 fully saturated rings. The first-order valence-corrected chi connectivity index (χ1v) is 9.91. The highest BCUT2D eigenvalue weighted by molar-refractivity contribution is 5.90. The Morgan fingerprint density at radius 1 is 1.15 bits per heavy atom. The summed E-state index contributed by atoms with van der Waals surface area (Å²) in [5, 5.41) is 9.64. The van der Waals surface area contributed by atoms with E-state index in [2.05, 4.69) is 46.5 Å². The minimum atomic E-state index is 0.668. The zero-order valence-corrected chi connectivity index (χ0v) is 15.9. The molecule has 1 saturated heterocycles. The van der Waals surface area contributed by atoms with Crippen LogP contribution in [0.5, 0.6) is 0 Å². The lowest BCUT2D eigenvalue weighted by Gasteiger charge is -2.23. The molecule has 0 unspecified atom stereocenters. The third kappa shape index (κ3) is 2.73. The van der Waals surface area contributed by atoms with Crippen LogP contribution in [0.3, 0.4) is 0 Å². The maximum atomic E-state index is 4.84. The lowest BCUT2D eigenvalue weighted by molar-refractivity contribution is 0.460. The molecule has 2 N–H and O–H groups in total. The number of aryl methyl sites for hydroxylation is 2. The molecule has 0 radical (unpaired) electrons. The SMILES string of the molecule is CCc1c(-c2ccc3ncc(C)n3n2)[nH]c2ccc(C3CCNCC3)cc12. The number of rotatable bonds is 3. The summed E-state index contributed by atoms with van der Waals surface area (Å²) in [6.07, 6.45) is 5.29. The standard InChI is InChI=1S/C22H25N5/c1-3-17-18-12-16(15-8-10-23-11-9-15)4-5-19(18)25-22(17)20-6-7-21-24-13-14(2)27(21)26-20/h4-7,12-13,15,23,25H,3,8-11H2,1-2H3. The summed E-state index contributed by atoms with van der Waals surface area (Å²) in [7, 11) is 0. The summed E-state index contributed by atoms with van der Waals surface area (Å²) in [4.78, 5) is 8.02. The molecule has 27 heavy (non-hydrogen) atoms. The molecule has 5 rings (SSSR count). The minimum absolute atomic E-state index is 0.668. The number of nitrogens with one attached hydrogen (secondary N) is 2. The maximum Gasteiger partial charge on any atom is 0.153 e. The fraction of sp³-hybridized carbons (Fsp3) is 0.364. The number of piperidine rings is 1. The minimum Gasteiger partial charge on any atom is -0.353 e. The quantitative estimate of drug-likeness (QED) is 0.576. The second-order valence-electron chi connectivity index (χ2n) is 7.55. The molecule has 0 saturated carbocycles. The van der Waals surface area contributed by atoms with E-state index in [1.54, 1.807) is 0 Å². The normalized spacial score (nSPS) is 15.8. The predicted octanol–water partition coefficient (Wildman–Crippen LogP) is 4.22. The molecular weight excluding hydrogens is 334 g/mol. The summed E-state index contributed by atoms with van der Waals surface area (Å²) < 4.78 is 1.92. The molecule has 0 amide bonds. The Morgan fingerprint density at radius 2 is 2.00 bits per heavy atom. The van der Waals surface area contributed by atoms with Gasteiger partial charge in [0.2, 0.25) is 0 Å². The zero-order valence-electron chi connectivity index (χ0n) is 15.9. The van der Waals surface area contributed by atoms with Crippen molar-refractivity contribution < 1.29 is 0 Å². The number of aromatic amines is 1. The smallest absolute Gasteiger partial charge is 0.153 e. The van der Waals surface area contributed by atoms with Crippen LogP contribution in [0.1, 0.15) is 42.5 Å². The molecule has 0 spiro atoms. The van der Waals surface area contributed by atoms with Gasteiger partial charge in [-0.2, -0.15) is 5.10 Å². The van der Waals surface area contributed by atoms with Gasteiger partial charge in [0, 0.05) is 10.9 Å². The first kappa shape index (κ1) is 16.5. The van der Waals surface area contributed by atoms with Gasteiger partial charge in [0.15, 0.2) is 5.65 Å². The monoisotopic (exact) mass is 359 g/mol. The van der Waals surface area contributed by atoms with Crippen LogP contribution in [0.15, 0.2) is 36.5 Å². The van der Waals surface area contributed by atoms with Gasteiger partial charge in [-0.15, -0.1) is 0 Å². The van der Waals surface area contributed by atoms with Crippen molar-refractivity contribution in [2.75, 3.05) is 13.1 Å². The average molecular weight is 359 g/mol. The molecule has 1 aliphatic heterocycles. The molecular formula is C22H25N5. The van der Waals surface area contributed by atoms with Crippen LogP contribution in [-0.2, 0) is 6.42 Å². The van der Waals surface area contributed by atoms with Gasteiger partial charge >= 0.3 is 0 Å². The van der Waals surface area contributed by atoms with Crippen LogP contribution in [0.4, 0.5) is 0 Å². The molecule has 5 heteroatoms. The first-order chi connectivity index (χ1) is 13.2. The van der Waals surface area contributed by atoms with Crippen molar-refractivity contribution in [2.45, 2.75) is 39.0 Å². The van der Waals surface area contributed by atoms with Crippen LogP contribution in [0.2, 0.25) is 0 Å². The molecule has 4 aromatic rings. The molecule has 3 aromatic heterocycles. The van der Waals surface area contributed by atoms with Crippen molar-refractivity contribution in [1.82, 2.24) is 24.9 Å². The van der Waals surface area contributed by atoms with Crippen molar-refractivity contribution in [2.24, 2.45) is 0 Å². The van der Waals surface area contributed by atoms with Gasteiger partial charge in [0.05, 0.1) is 17.6 Å². The van der Waals surface area contributed by atoms with Crippen molar-refractivity contribution in [3.05, 3.63) is 53.3 Å². The predicted molar refractivity (Wildman–Crippen MR) is 109 cm³/mol. The summed E-state index contributed by atoms with van der Waals surface area (Å²) in [6.45, 7) is 6.50. The van der Waals surface area contributed by atoms with Gasteiger partial charge in [-0.3, -0.25) is 0 Å². The van der Waals surface area contributed by atoms with Gasteiger partial charge < -0.3 is 10.3 Å². The fourth-order valence-corrected chi connectivity index (χ4v) is 4.38. The third-order valence-electron chi connectivity index (χ3n) is 5.88. The fourth-order valence-electron chi connectivity index (χ4n) is 4.38. The molecule has 5 nitrogen and oxygen atoms in total. The maximum absolute atomic E-state index is 4.84.